The van der Waals surface area contributed by atoms with Crippen molar-refractivity contribution < 1.29 is 14.0 Å². The van der Waals surface area contributed by atoms with E-state index in [1.807, 2.05) is 0 Å². The summed E-state index contributed by atoms with van der Waals surface area (Å²) in [6.07, 6.45) is 3.47. The maximum Gasteiger partial charge on any atom is 0.365 e. The molecule has 0 bridgehead atoms. The van der Waals surface area contributed by atoms with Gasteiger partial charge in [0.05, 0.1) is 11.3 Å². The molecule has 0 saturated heterocycles. The van der Waals surface area contributed by atoms with Crippen molar-refractivity contribution in [1.29, 1.82) is 0 Å². The number of hydrogen-bond donors (Lipinski definition) is 1. The zero-order valence-corrected chi connectivity index (χ0v) is 9.68. The number of rotatable bonds is 3. The first kappa shape index (κ1) is 12.0. The molecule has 1 N–H and O–H groups in total. The first-order valence-corrected chi connectivity index (χ1v) is 5.31. The fourth-order valence-electron chi connectivity index (χ4n) is 1.38. The Balaban J connectivity index is 2.07. The predicted molar refractivity (Wildman–Crippen MR) is 64.8 cm³/mol. The summed E-state index contributed by atoms with van der Waals surface area (Å²) in [6.45, 7) is 1.71. The summed E-state index contributed by atoms with van der Waals surface area (Å²) >= 11 is 0. The molecule has 4 nitrogen and oxygen atoms in total. The first-order chi connectivity index (χ1) is 8.66. The molecule has 0 spiro atoms. The number of aromatic nitrogens is 1. The van der Waals surface area contributed by atoms with Crippen molar-refractivity contribution in [3.05, 3.63) is 59.7 Å². The van der Waals surface area contributed by atoms with Gasteiger partial charge in [0.25, 0.3) is 0 Å². The Morgan fingerprint density at radius 1 is 1.33 bits per heavy atom. The number of nitrogens with one attached hydrogen (secondary N) is 1. The minimum absolute atomic E-state index is 0.126. The van der Waals surface area contributed by atoms with Gasteiger partial charge in [-0.25, -0.2) is 9.18 Å². The van der Waals surface area contributed by atoms with E-state index in [-0.39, 0.29) is 5.56 Å². The number of oxime groups is 1. The number of H-pyrrole nitrogens is 1. The second-order valence-electron chi connectivity index (χ2n) is 3.67. The lowest BCUT2D eigenvalue weighted by Crippen LogP contribution is -2.03. The highest BCUT2D eigenvalue weighted by atomic mass is 19.1. The summed E-state index contributed by atoms with van der Waals surface area (Å²) < 4.78 is 12.9. The van der Waals surface area contributed by atoms with Gasteiger partial charge in [-0.2, -0.15) is 0 Å². The lowest BCUT2D eigenvalue weighted by molar-refractivity contribution is 0.0516. The number of benzene rings is 1. The second-order valence-corrected chi connectivity index (χ2v) is 3.67. The Kier molecular flexibility index (Phi) is 3.52. The second kappa shape index (κ2) is 5.27. The fourth-order valence-corrected chi connectivity index (χ4v) is 1.38. The van der Waals surface area contributed by atoms with Crippen LogP contribution in [0, 0.1) is 5.82 Å². The molecule has 0 amide bonds. The summed E-state index contributed by atoms with van der Waals surface area (Å²) in [5.41, 5.74) is 1.50. The van der Waals surface area contributed by atoms with Crippen LogP contribution in [0.15, 0.2) is 47.9 Å². The molecule has 0 fully saturated rings. The van der Waals surface area contributed by atoms with Crippen molar-refractivity contribution in [2.75, 3.05) is 0 Å². The van der Waals surface area contributed by atoms with Crippen LogP contribution in [0.1, 0.15) is 22.8 Å². The summed E-state index contributed by atoms with van der Waals surface area (Å²) in [5.74, 6) is -1.18. The van der Waals surface area contributed by atoms with Crippen LogP contribution in [-0.4, -0.2) is 16.7 Å². The zero-order chi connectivity index (χ0) is 13.0. The molecule has 0 saturated carbocycles. The van der Waals surface area contributed by atoms with Crippen LogP contribution in [0.25, 0.3) is 0 Å². The number of carbonyl (C=O) groups excluding carboxylic acids is 1. The fraction of sp³-hybridized carbons (Fsp3) is 0.0769. The number of nitrogens with zero attached hydrogens (tertiary/aromatic N) is 1. The van der Waals surface area contributed by atoms with Gasteiger partial charge < -0.3 is 9.82 Å². The van der Waals surface area contributed by atoms with Crippen LogP contribution < -0.4 is 0 Å². The maximum absolute atomic E-state index is 12.9. The first-order valence-electron chi connectivity index (χ1n) is 5.31. The van der Waals surface area contributed by atoms with Crippen LogP contribution in [0.3, 0.4) is 0 Å². The Bertz CT molecular complexity index is 576. The maximum atomic E-state index is 12.9. The highest BCUT2D eigenvalue weighted by Gasteiger charge is 2.08. The average molecular weight is 246 g/mol. The van der Waals surface area contributed by atoms with Gasteiger partial charge in [0.1, 0.15) is 5.82 Å². The smallest absolute Gasteiger partial charge is 0.365 e. The van der Waals surface area contributed by atoms with Crippen molar-refractivity contribution in [1.82, 2.24) is 4.98 Å². The summed E-state index contributed by atoms with van der Waals surface area (Å²) in [7, 11) is 0. The zero-order valence-electron chi connectivity index (χ0n) is 9.68. The predicted octanol–water partition coefficient (Wildman–Crippen LogP) is 2.73. The Morgan fingerprint density at radius 2 is 2.17 bits per heavy atom. The molecule has 0 aliphatic rings. The van der Waals surface area contributed by atoms with Crippen molar-refractivity contribution in [2.24, 2.45) is 5.16 Å². The molecule has 2 aromatic rings. The highest BCUT2D eigenvalue weighted by molar-refractivity contribution is 5.99. The SMILES string of the molecule is C/C(=N/OC(=O)c1cccc(F)c1)c1cc[nH]c1. The largest absolute Gasteiger partial charge is 0.367 e. The Labute approximate surface area is 103 Å². The molecule has 0 atom stereocenters. The van der Waals surface area contributed by atoms with E-state index in [4.69, 9.17) is 4.84 Å². The van der Waals surface area contributed by atoms with Crippen LogP contribution in [0.2, 0.25) is 0 Å². The summed E-state index contributed by atoms with van der Waals surface area (Å²) in [6, 6.07) is 7.06. The third-order valence-electron chi connectivity index (χ3n) is 2.34. The third kappa shape index (κ3) is 2.82. The van der Waals surface area contributed by atoms with Gasteiger partial charge in [-0.15, -0.1) is 0 Å². The third-order valence-corrected chi connectivity index (χ3v) is 2.34. The van der Waals surface area contributed by atoms with E-state index in [1.165, 1.54) is 18.2 Å². The molecule has 5 heteroatoms. The molecule has 0 unspecified atom stereocenters. The van der Waals surface area contributed by atoms with Gasteiger partial charge in [-0.3, -0.25) is 0 Å². The quantitative estimate of drug-likeness (QED) is 0.514. The Hall–Kier alpha value is -2.43. The lowest BCUT2D eigenvalue weighted by atomic mass is 10.2. The monoisotopic (exact) mass is 246 g/mol. The van der Waals surface area contributed by atoms with E-state index in [0.29, 0.717) is 5.71 Å². The van der Waals surface area contributed by atoms with Crippen LogP contribution in [-0.2, 0) is 4.84 Å². The van der Waals surface area contributed by atoms with Gasteiger partial charge >= 0.3 is 5.97 Å². The van der Waals surface area contributed by atoms with Crippen molar-refractivity contribution in [2.45, 2.75) is 6.92 Å². The highest BCUT2D eigenvalue weighted by Crippen LogP contribution is 2.06. The van der Waals surface area contributed by atoms with E-state index in [1.54, 1.807) is 25.4 Å². The number of carbonyl (C=O) groups is 1. The van der Waals surface area contributed by atoms with E-state index in [9.17, 15) is 9.18 Å². The van der Waals surface area contributed by atoms with Gasteiger partial charge in [0.2, 0.25) is 0 Å². The molecule has 0 radical (unpaired) electrons. The lowest BCUT2D eigenvalue weighted by Gasteiger charge is -1.99. The summed E-state index contributed by atoms with van der Waals surface area (Å²) in [4.78, 5) is 19.2. The van der Waals surface area contributed by atoms with Gasteiger partial charge in [-0.05, 0) is 31.2 Å². The minimum Gasteiger partial charge on any atom is -0.367 e. The van der Waals surface area contributed by atoms with Gasteiger partial charge in [-0.1, -0.05) is 11.2 Å². The van der Waals surface area contributed by atoms with E-state index >= 15 is 0 Å². The molecule has 1 aromatic carbocycles. The van der Waals surface area contributed by atoms with Gasteiger partial charge in [0, 0.05) is 18.0 Å². The topological polar surface area (TPSA) is 54.4 Å². The molecule has 0 aliphatic heterocycles. The van der Waals surface area contributed by atoms with E-state index in [2.05, 4.69) is 10.1 Å². The average Bonchev–Trinajstić information content (AvgIpc) is 2.89. The molecule has 18 heavy (non-hydrogen) atoms. The molecule has 0 aliphatic carbocycles. The molecule has 2 rings (SSSR count). The van der Waals surface area contributed by atoms with Crippen LogP contribution in [0.4, 0.5) is 4.39 Å². The molecular formula is C13H11FN2O2. The van der Waals surface area contributed by atoms with Crippen molar-refractivity contribution in [3.63, 3.8) is 0 Å². The van der Waals surface area contributed by atoms with Crippen molar-refractivity contribution >= 4 is 11.7 Å². The van der Waals surface area contributed by atoms with Crippen LogP contribution >= 0.6 is 0 Å². The number of aromatic amines is 1. The minimum atomic E-state index is -0.690. The molecular weight excluding hydrogens is 235 g/mol. The molecule has 92 valence electrons. The van der Waals surface area contributed by atoms with E-state index < -0.39 is 11.8 Å². The normalized spacial score (nSPS) is 11.3. The van der Waals surface area contributed by atoms with E-state index in [0.717, 1.165) is 11.6 Å². The number of hydrogen-bond acceptors (Lipinski definition) is 3. The standard InChI is InChI=1S/C13H11FN2O2/c1-9(11-5-6-15-8-11)16-18-13(17)10-3-2-4-12(14)7-10/h2-8,15H,1H3/b16-9-. The van der Waals surface area contributed by atoms with Crippen molar-refractivity contribution in [3.8, 4) is 0 Å². The molecule has 1 heterocycles. The Morgan fingerprint density at radius 3 is 2.83 bits per heavy atom. The summed E-state index contributed by atoms with van der Waals surface area (Å²) in [5, 5.41) is 3.70. The van der Waals surface area contributed by atoms with Crippen LogP contribution in [0.5, 0.6) is 0 Å². The molecule has 1 aromatic heterocycles. The van der Waals surface area contributed by atoms with Gasteiger partial charge in [0.15, 0.2) is 0 Å². The number of halogens is 1.